The number of ether oxygens (including phenoxy) is 1. The molecule has 2 amide bonds. The smallest absolute Gasteiger partial charge is 0.227 e. The normalized spacial score (nSPS) is 28.1. The largest absolute Gasteiger partial charge is 0.369 e. The molecule has 1 radical (unpaired) electrons. The first kappa shape index (κ1) is 14.0. The highest BCUT2D eigenvalue weighted by atomic mass is 16.5. The maximum atomic E-state index is 12.1. The van der Waals surface area contributed by atoms with E-state index in [4.69, 9.17) is 10.5 Å². The molecule has 0 aliphatic carbocycles. The van der Waals surface area contributed by atoms with Gasteiger partial charge in [0.2, 0.25) is 11.8 Å². The fourth-order valence-corrected chi connectivity index (χ4v) is 2.55. The molecule has 6 heteroatoms. The van der Waals surface area contributed by atoms with Crippen molar-refractivity contribution in [2.24, 2.45) is 11.7 Å². The lowest BCUT2D eigenvalue weighted by Crippen LogP contribution is -2.52. The van der Waals surface area contributed by atoms with Crippen molar-refractivity contribution in [1.82, 2.24) is 4.90 Å². The quantitative estimate of drug-likeness (QED) is 0.754. The van der Waals surface area contributed by atoms with Gasteiger partial charge in [-0.25, -0.2) is 0 Å². The van der Waals surface area contributed by atoms with Gasteiger partial charge in [-0.05, 0) is 19.3 Å². The first-order chi connectivity index (χ1) is 9.00. The second-order valence-corrected chi connectivity index (χ2v) is 5.18. The van der Waals surface area contributed by atoms with Crippen LogP contribution in [-0.4, -0.2) is 47.8 Å². The van der Waals surface area contributed by atoms with Crippen molar-refractivity contribution in [3.05, 3.63) is 6.42 Å². The van der Waals surface area contributed by atoms with E-state index >= 15 is 0 Å². The molecule has 0 aromatic carbocycles. The number of nitrogens with zero attached hydrogens (tertiary/aromatic N) is 1. The van der Waals surface area contributed by atoms with Gasteiger partial charge in [-0.1, -0.05) is 6.92 Å². The molecule has 2 aliphatic rings. The number of likely N-dealkylation sites (tertiary alicyclic amines) is 1. The van der Waals surface area contributed by atoms with Crippen molar-refractivity contribution >= 4 is 17.6 Å². The molecule has 2 N–H and O–H groups in total. The molecule has 6 nitrogen and oxygen atoms in total. The Morgan fingerprint density at radius 1 is 1.58 bits per heavy atom. The summed E-state index contributed by atoms with van der Waals surface area (Å²) in [7, 11) is 0. The Hall–Kier alpha value is -1.43. The third-order valence-electron chi connectivity index (χ3n) is 3.76. The maximum Gasteiger partial charge on any atom is 0.227 e. The lowest BCUT2D eigenvalue weighted by molar-refractivity contribution is -0.138. The van der Waals surface area contributed by atoms with Crippen molar-refractivity contribution in [3.8, 4) is 0 Å². The summed E-state index contributed by atoms with van der Waals surface area (Å²) in [6.07, 6.45) is 3.24. The fraction of sp³-hybridized carbons (Fsp3) is 0.692. The SMILES string of the molecule is CC(C[CH]C(=O)N1CCCC2OCC(=O)C21)C(N)=O. The van der Waals surface area contributed by atoms with E-state index in [9.17, 15) is 14.4 Å². The number of carbonyl (C=O) groups is 3. The molecule has 2 heterocycles. The van der Waals surface area contributed by atoms with Crippen LogP contribution >= 0.6 is 0 Å². The van der Waals surface area contributed by atoms with Gasteiger partial charge in [0.1, 0.15) is 12.6 Å². The average Bonchev–Trinajstić information content (AvgIpc) is 2.77. The van der Waals surface area contributed by atoms with Crippen LogP contribution in [0.1, 0.15) is 26.2 Å². The average molecular weight is 267 g/mol. The maximum absolute atomic E-state index is 12.1. The van der Waals surface area contributed by atoms with Gasteiger partial charge in [0.05, 0.1) is 12.5 Å². The van der Waals surface area contributed by atoms with Crippen molar-refractivity contribution in [2.75, 3.05) is 13.2 Å². The molecule has 2 rings (SSSR count). The number of fused-ring (bicyclic) bond motifs is 1. The van der Waals surface area contributed by atoms with Crippen molar-refractivity contribution in [3.63, 3.8) is 0 Å². The van der Waals surface area contributed by atoms with E-state index < -0.39 is 11.9 Å². The predicted molar refractivity (Wildman–Crippen MR) is 66.8 cm³/mol. The number of Topliss-reactive ketones (excluding diaryl/α,β-unsaturated/α-hetero) is 1. The molecule has 2 fully saturated rings. The van der Waals surface area contributed by atoms with E-state index in [1.165, 1.54) is 6.42 Å². The van der Waals surface area contributed by atoms with Crippen LogP contribution < -0.4 is 5.73 Å². The molecule has 3 atom stereocenters. The number of hydrogen-bond donors (Lipinski definition) is 1. The lowest BCUT2D eigenvalue weighted by Gasteiger charge is -2.35. The summed E-state index contributed by atoms with van der Waals surface area (Å²) in [5.74, 6) is -1.04. The minimum Gasteiger partial charge on any atom is -0.369 e. The lowest BCUT2D eigenvalue weighted by atomic mass is 9.96. The summed E-state index contributed by atoms with van der Waals surface area (Å²) >= 11 is 0. The number of primary amides is 1. The van der Waals surface area contributed by atoms with E-state index in [1.807, 2.05) is 0 Å². The summed E-state index contributed by atoms with van der Waals surface area (Å²) in [6, 6.07) is -0.443. The zero-order chi connectivity index (χ0) is 14.0. The van der Waals surface area contributed by atoms with Crippen LogP contribution in [-0.2, 0) is 19.1 Å². The molecule has 0 aromatic heterocycles. The molecule has 2 saturated heterocycles. The first-order valence-electron chi connectivity index (χ1n) is 6.58. The molecular weight excluding hydrogens is 248 g/mol. The van der Waals surface area contributed by atoms with Crippen LogP contribution in [0.3, 0.4) is 0 Å². The summed E-state index contributed by atoms with van der Waals surface area (Å²) in [6.45, 7) is 2.34. The van der Waals surface area contributed by atoms with Gasteiger partial charge in [0.15, 0.2) is 5.78 Å². The molecule has 19 heavy (non-hydrogen) atoms. The van der Waals surface area contributed by atoms with Gasteiger partial charge in [-0.2, -0.15) is 0 Å². The fourth-order valence-electron chi connectivity index (χ4n) is 2.55. The molecular formula is C13H19N2O4. The van der Waals surface area contributed by atoms with Crippen LogP contribution in [0.4, 0.5) is 0 Å². The zero-order valence-corrected chi connectivity index (χ0v) is 11.0. The minimum atomic E-state index is -0.443. The second-order valence-electron chi connectivity index (χ2n) is 5.18. The number of ketones is 1. The third-order valence-corrected chi connectivity index (χ3v) is 3.76. The highest BCUT2D eigenvalue weighted by Gasteiger charge is 2.44. The van der Waals surface area contributed by atoms with Crippen LogP contribution in [0.5, 0.6) is 0 Å². The molecule has 0 bridgehead atoms. The Kier molecular flexibility index (Phi) is 4.19. The van der Waals surface area contributed by atoms with Crippen molar-refractivity contribution < 1.29 is 19.1 Å². The number of rotatable bonds is 4. The summed E-state index contributed by atoms with van der Waals surface area (Å²) in [5, 5.41) is 0. The van der Waals surface area contributed by atoms with Crippen LogP contribution in [0.2, 0.25) is 0 Å². The minimum absolute atomic E-state index is 0.0330. The van der Waals surface area contributed by atoms with E-state index in [0.29, 0.717) is 13.0 Å². The van der Waals surface area contributed by atoms with Gasteiger partial charge in [-0.15, -0.1) is 0 Å². The molecule has 0 saturated carbocycles. The highest BCUT2D eigenvalue weighted by Crippen LogP contribution is 2.27. The Morgan fingerprint density at radius 2 is 2.32 bits per heavy atom. The number of carbonyl (C=O) groups excluding carboxylic acids is 3. The first-order valence-corrected chi connectivity index (χ1v) is 6.58. The van der Waals surface area contributed by atoms with Gasteiger partial charge < -0.3 is 15.4 Å². The number of hydrogen-bond acceptors (Lipinski definition) is 4. The summed E-state index contributed by atoms with van der Waals surface area (Å²) in [5.41, 5.74) is 5.15. The third kappa shape index (κ3) is 2.94. The Balaban J connectivity index is 1.94. The van der Waals surface area contributed by atoms with Crippen molar-refractivity contribution in [1.29, 1.82) is 0 Å². The van der Waals surface area contributed by atoms with E-state index in [-0.39, 0.29) is 30.3 Å². The molecule has 2 aliphatic heterocycles. The van der Waals surface area contributed by atoms with E-state index in [0.717, 1.165) is 12.8 Å². The number of nitrogens with two attached hydrogens (primary N) is 1. The highest BCUT2D eigenvalue weighted by molar-refractivity contribution is 5.94. The summed E-state index contributed by atoms with van der Waals surface area (Å²) in [4.78, 5) is 36.4. The second kappa shape index (κ2) is 5.69. The Labute approximate surface area is 112 Å². The van der Waals surface area contributed by atoms with Crippen LogP contribution in [0.15, 0.2) is 0 Å². The monoisotopic (exact) mass is 267 g/mol. The molecule has 0 aromatic rings. The van der Waals surface area contributed by atoms with Gasteiger partial charge in [0.25, 0.3) is 0 Å². The number of piperidine rings is 1. The van der Waals surface area contributed by atoms with Gasteiger partial charge in [0, 0.05) is 12.5 Å². The van der Waals surface area contributed by atoms with E-state index in [1.54, 1.807) is 11.8 Å². The topological polar surface area (TPSA) is 89.7 Å². The summed E-state index contributed by atoms with van der Waals surface area (Å²) < 4.78 is 5.38. The standard InChI is InChI=1S/C13H19N2O4/c1-8(13(14)18)4-5-11(17)15-6-2-3-10-12(15)9(16)7-19-10/h5,8,10,12H,2-4,6-7H2,1H3,(H2,14,18). The molecule has 105 valence electrons. The van der Waals surface area contributed by atoms with Gasteiger partial charge >= 0.3 is 0 Å². The van der Waals surface area contributed by atoms with Crippen molar-refractivity contribution in [2.45, 2.75) is 38.3 Å². The van der Waals surface area contributed by atoms with E-state index in [2.05, 4.69) is 0 Å². The predicted octanol–water partition coefficient (Wildman–Crippen LogP) is -0.339. The Morgan fingerprint density at radius 3 is 3.00 bits per heavy atom. The Bertz CT molecular complexity index is 396. The van der Waals surface area contributed by atoms with Gasteiger partial charge in [-0.3, -0.25) is 14.4 Å². The molecule has 3 unspecified atom stereocenters. The molecule has 0 spiro atoms. The van der Waals surface area contributed by atoms with Crippen LogP contribution in [0, 0.1) is 12.3 Å². The zero-order valence-electron chi connectivity index (χ0n) is 11.0. The van der Waals surface area contributed by atoms with Crippen LogP contribution in [0.25, 0.3) is 0 Å². The number of amides is 2.